The zero-order chi connectivity index (χ0) is 11.9. The third-order valence-electron chi connectivity index (χ3n) is 2.31. The number of aliphatic hydroxyl groups is 1. The fourth-order valence-corrected chi connectivity index (χ4v) is 3.36. The predicted molar refractivity (Wildman–Crippen MR) is 79.5 cm³/mol. The molecule has 2 N–H and O–H groups in total. The highest BCUT2D eigenvalue weighted by atomic mass is 127. The van der Waals surface area contributed by atoms with E-state index in [1.807, 2.05) is 12.1 Å². The first-order valence-corrected chi connectivity index (χ1v) is 6.82. The van der Waals surface area contributed by atoms with E-state index in [4.69, 9.17) is 0 Å². The molecule has 1 unspecified atom stereocenters. The average molecular weight is 441 g/mol. The first-order valence-electron chi connectivity index (χ1n) is 4.66. The fourth-order valence-electron chi connectivity index (χ4n) is 1.45. The Labute approximate surface area is 120 Å². The number of nitrogens with zero attached hydrogens (tertiary/aromatic N) is 1. The Morgan fingerprint density at radius 3 is 2.56 bits per heavy atom. The SMILES string of the molecule is CC(O)c1ccc2c(I)cc(I)c(O)c2n1. The molecule has 0 spiro atoms. The molecule has 0 bridgehead atoms. The predicted octanol–water partition coefficient (Wildman–Crippen LogP) is 3.20. The van der Waals surface area contributed by atoms with Crippen LogP contribution in [0, 0.1) is 7.14 Å². The molecule has 0 amide bonds. The van der Waals surface area contributed by atoms with Crippen LogP contribution in [0.1, 0.15) is 18.7 Å². The van der Waals surface area contributed by atoms with Gasteiger partial charge in [0.1, 0.15) is 5.52 Å². The van der Waals surface area contributed by atoms with Gasteiger partial charge in [0.05, 0.1) is 15.4 Å². The summed E-state index contributed by atoms with van der Waals surface area (Å²) in [5.41, 5.74) is 1.12. The summed E-state index contributed by atoms with van der Waals surface area (Å²) in [5.74, 6) is 0.179. The number of aromatic hydroxyl groups is 1. The van der Waals surface area contributed by atoms with Gasteiger partial charge in [0.2, 0.25) is 0 Å². The number of phenolic OH excluding ortho intramolecular Hbond substituents is 1. The maximum atomic E-state index is 9.93. The van der Waals surface area contributed by atoms with Crippen LogP contribution in [-0.4, -0.2) is 15.2 Å². The average Bonchev–Trinajstić information content (AvgIpc) is 2.25. The van der Waals surface area contributed by atoms with Gasteiger partial charge in [-0.2, -0.15) is 0 Å². The van der Waals surface area contributed by atoms with Crippen LogP contribution in [0.3, 0.4) is 0 Å². The number of hydrogen-bond donors (Lipinski definition) is 2. The Kier molecular flexibility index (Phi) is 3.55. The highest BCUT2D eigenvalue weighted by Crippen LogP contribution is 2.32. The largest absolute Gasteiger partial charge is 0.505 e. The molecule has 16 heavy (non-hydrogen) atoms. The molecule has 0 aliphatic rings. The van der Waals surface area contributed by atoms with E-state index >= 15 is 0 Å². The lowest BCUT2D eigenvalue weighted by atomic mass is 10.1. The van der Waals surface area contributed by atoms with E-state index in [2.05, 4.69) is 50.2 Å². The van der Waals surface area contributed by atoms with Crippen LogP contribution in [0.5, 0.6) is 5.75 Å². The van der Waals surface area contributed by atoms with E-state index in [0.717, 1.165) is 12.5 Å². The van der Waals surface area contributed by atoms with Gasteiger partial charge in [-0.3, -0.25) is 0 Å². The minimum Gasteiger partial charge on any atom is -0.505 e. The van der Waals surface area contributed by atoms with Gasteiger partial charge < -0.3 is 10.2 Å². The molecular formula is C11H9I2NO2. The van der Waals surface area contributed by atoms with E-state index < -0.39 is 6.10 Å². The van der Waals surface area contributed by atoms with Crippen molar-refractivity contribution >= 4 is 56.1 Å². The normalized spacial score (nSPS) is 13.0. The van der Waals surface area contributed by atoms with Crippen molar-refractivity contribution in [2.45, 2.75) is 13.0 Å². The molecule has 0 aliphatic carbocycles. The Balaban J connectivity index is 2.81. The Hall–Kier alpha value is -0.150. The fraction of sp³-hybridized carbons (Fsp3) is 0.182. The zero-order valence-electron chi connectivity index (χ0n) is 8.41. The molecule has 1 heterocycles. The lowest BCUT2D eigenvalue weighted by molar-refractivity contribution is 0.194. The Bertz CT molecular complexity index is 555. The molecule has 1 aromatic heterocycles. The molecule has 1 atom stereocenters. The van der Waals surface area contributed by atoms with Crippen molar-refractivity contribution in [2.75, 3.05) is 0 Å². The molecule has 2 rings (SSSR count). The number of rotatable bonds is 1. The molecule has 2 aromatic rings. The number of benzene rings is 1. The molecule has 1 aromatic carbocycles. The zero-order valence-corrected chi connectivity index (χ0v) is 12.7. The van der Waals surface area contributed by atoms with Crippen LogP contribution < -0.4 is 0 Å². The molecule has 0 saturated carbocycles. The third-order valence-corrected chi connectivity index (χ3v) is 4.02. The van der Waals surface area contributed by atoms with E-state index in [-0.39, 0.29) is 5.75 Å². The van der Waals surface area contributed by atoms with Gasteiger partial charge in [-0.05, 0) is 70.3 Å². The van der Waals surface area contributed by atoms with Gasteiger partial charge in [0, 0.05) is 8.96 Å². The number of phenols is 1. The molecule has 0 radical (unpaired) electrons. The monoisotopic (exact) mass is 441 g/mol. The minimum absolute atomic E-state index is 0.179. The second kappa shape index (κ2) is 4.61. The maximum absolute atomic E-state index is 9.93. The van der Waals surface area contributed by atoms with Gasteiger partial charge >= 0.3 is 0 Å². The number of aromatic nitrogens is 1. The van der Waals surface area contributed by atoms with E-state index in [1.54, 1.807) is 13.0 Å². The summed E-state index contributed by atoms with van der Waals surface area (Å²) in [7, 11) is 0. The summed E-state index contributed by atoms with van der Waals surface area (Å²) in [6.07, 6.45) is -0.626. The second-order valence-electron chi connectivity index (χ2n) is 3.50. The Morgan fingerprint density at radius 1 is 1.25 bits per heavy atom. The first-order chi connectivity index (χ1) is 7.50. The molecule has 0 aliphatic heterocycles. The van der Waals surface area contributed by atoms with Crippen LogP contribution in [-0.2, 0) is 0 Å². The molecule has 84 valence electrons. The van der Waals surface area contributed by atoms with E-state index in [9.17, 15) is 10.2 Å². The van der Waals surface area contributed by atoms with Crippen LogP contribution in [0.2, 0.25) is 0 Å². The van der Waals surface area contributed by atoms with Crippen molar-refractivity contribution in [2.24, 2.45) is 0 Å². The van der Waals surface area contributed by atoms with E-state index in [1.165, 1.54) is 0 Å². The summed E-state index contributed by atoms with van der Waals surface area (Å²) in [5, 5.41) is 20.3. The lowest BCUT2D eigenvalue weighted by Crippen LogP contribution is -1.96. The molecule has 5 heteroatoms. The molecule has 3 nitrogen and oxygen atoms in total. The van der Waals surface area contributed by atoms with Crippen LogP contribution in [0.15, 0.2) is 18.2 Å². The van der Waals surface area contributed by atoms with Gasteiger partial charge in [-0.15, -0.1) is 0 Å². The van der Waals surface area contributed by atoms with Gasteiger partial charge in [-0.25, -0.2) is 4.98 Å². The third kappa shape index (κ3) is 2.12. The van der Waals surface area contributed by atoms with Crippen molar-refractivity contribution < 1.29 is 10.2 Å². The summed E-state index contributed by atoms with van der Waals surface area (Å²) in [4.78, 5) is 4.29. The summed E-state index contributed by atoms with van der Waals surface area (Å²) < 4.78 is 1.81. The Morgan fingerprint density at radius 2 is 1.94 bits per heavy atom. The van der Waals surface area contributed by atoms with Crippen LogP contribution in [0.4, 0.5) is 0 Å². The summed E-state index contributed by atoms with van der Waals surface area (Å²) >= 11 is 4.28. The van der Waals surface area contributed by atoms with Crippen molar-refractivity contribution in [1.82, 2.24) is 4.98 Å². The second-order valence-corrected chi connectivity index (χ2v) is 5.82. The van der Waals surface area contributed by atoms with E-state index in [0.29, 0.717) is 11.2 Å². The van der Waals surface area contributed by atoms with Gasteiger partial charge in [0.25, 0.3) is 0 Å². The van der Waals surface area contributed by atoms with Gasteiger partial charge in [-0.1, -0.05) is 0 Å². The number of aliphatic hydroxyl groups excluding tert-OH is 1. The molecule has 0 saturated heterocycles. The van der Waals surface area contributed by atoms with Crippen molar-refractivity contribution in [3.63, 3.8) is 0 Å². The topological polar surface area (TPSA) is 53.4 Å². The van der Waals surface area contributed by atoms with Crippen LogP contribution in [0.25, 0.3) is 10.9 Å². The quantitative estimate of drug-likeness (QED) is 0.669. The standard InChI is InChI=1S/C11H9I2NO2/c1-5(15)9-3-2-6-7(12)4-8(13)11(16)10(6)14-9/h2-5,15-16H,1H3. The maximum Gasteiger partial charge on any atom is 0.155 e. The van der Waals surface area contributed by atoms with Crippen molar-refractivity contribution in [3.05, 3.63) is 31.0 Å². The molecular weight excluding hydrogens is 432 g/mol. The number of hydrogen-bond acceptors (Lipinski definition) is 3. The van der Waals surface area contributed by atoms with Gasteiger partial charge in [0.15, 0.2) is 5.75 Å². The highest BCUT2D eigenvalue weighted by molar-refractivity contribution is 14.1. The smallest absolute Gasteiger partial charge is 0.155 e. The number of fused-ring (bicyclic) bond motifs is 1. The molecule has 0 fully saturated rings. The number of halogens is 2. The van der Waals surface area contributed by atoms with Crippen molar-refractivity contribution in [1.29, 1.82) is 0 Å². The summed E-state index contributed by atoms with van der Waals surface area (Å²) in [6.45, 7) is 1.66. The first kappa shape index (κ1) is 12.3. The highest BCUT2D eigenvalue weighted by Gasteiger charge is 2.12. The lowest BCUT2D eigenvalue weighted by Gasteiger charge is -2.09. The number of pyridine rings is 1. The minimum atomic E-state index is -0.626. The van der Waals surface area contributed by atoms with Crippen LogP contribution >= 0.6 is 45.2 Å². The summed E-state index contributed by atoms with van der Waals surface area (Å²) in [6, 6.07) is 5.56. The van der Waals surface area contributed by atoms with Crippen molar-refractivity contribution in [3.8, 4) is 5.75 Å².